The van der Waals surface area contributed by atoms with Crippen molar-refractivity contribution in [2.24, 2.45) is 11.7 Å². The second kappa shape index (κ2) is 6.89. The third kappa shape index (κ3) is 3.83. The van der Waals surface area contributed by atoms with E-state index in [1.165, 1.54) is 36.0 Å². The molecule has 2 atom stereocenters. The lowest BCUT2D eigenvalue weighted by Crippen LogP contribution is -2.17. The number of esters is 1. The Labute approximate surface area is 121 Å². The molecule has 0 saturated carbocycles. The van der Waals surface area contributed by atoms with Crippen LogP contribution in [0.4, 0.5) is 0 Å². The van der Waals surface area contributed by atoms with Crippen LogP contribution in [0.2, 0.25) is 0 Å². The number of hydrogen-bond acceptors (Lipinski definition) is 3. The van der Waals surface area contributed by atoms with Crippen molar-refractivity contribution in [1.29, 1.82) is 0 Å². The summed E-state index contributed by atoms with van der Waals surface area (Å²) in [6.45, 7) is 4.34. The van der Waals surface area contributed by atoms with E-state index in [2.05, 4.69) is 25.1 Å². The van der Waals surface area contributed by atoms with Crippen LogP contribution in [0.3, 0.4) is 0 Å². The van der Waals surface area contributed by atoms with Gasteiger partial charge in [-0.05, 0) is 55.2 Å². The minimum Gasteiger partial charge on any atom is -0.466 e. The predicted octanol–water partition coefficient (Wildman–Crippen LogP) is 3.15. The third-order valence-corrected chi connectivity index (χ3v) is 4.03. The van der Waals surface area contributed by atoms with Crippen LogP contribution in [-0.2, 0) is 22.4 Å². The average molecular weight is 275 g/mol. The molecule has 1 aliphatic carbocycles. The fourth-order valence-electron chi connectivity index (χ4n) is 2.98. The highest BCUT2D eigenvalue weighted by atomic mass is 16.5. The van der Waals surface area contributed by atoms with Crippen molar-refractivity contribution >= 4 is 5.97 Å². The van der Waals surface area contributed by atoms with Gasteiger partial charge in [-0.3, -0.25) is 4.79 Å². The zero-order chi connectivity index (χ0) is 14.5. The highest BCUT2D eigenvalue weighted by Crippen LogP contribution is 2.27. The molecule has 110 valence electrons. The topological polar surface area (TPSA) is 52.3 Å². The van der Waals surface area contributed by atoms with Gasteiger partial charge in [0.15, 0.2) is 0 Å². The summed E-state index contributed by atoms with van der Waals surface area (Å²) in [6, 6.07) is 6.62. The van der Waals surface area contributed by atoms with Gasteiger partial charge in [-0.2, -0.15) is 0 Å². The second-order valence-electron chi connectivity index (χ2n) is 5.84. The highest BCUT2D eigenvalue weighted by Gasteiger charge is 2.17. The molecule has 0 fully saturated rings. The molecule has 20 heavy (non-hydrogen) atoms. The van der Waals surface area contributed by atoms with Crippen molar-refractivity contribution < 1.29 is 9.53 Å². The average Bonchev–Trinajstić information content (AvgIpc) is 2.85. The Kier molecular flexibility index (Phi) is 5.18. The Morgan fingerprint density at radius 2 is 2.10 bits per heavy atom. The van der Waals surface area contributed by atoms with E-state index in [1.807, 2.05) is 6.92 Å². The minimum atomic E-state index is -0.124. The maximum absolute atomic E-state index is 11.5. The van der Waals surface area contributed by atoms with Crippen molar-refractivity contribution in [3.8, 4) is 0 Å². The summed E-state index contributed by atoms with van der Waals surface area (Å²) in [4.78, 5) is 11.5. The summed E-state index contributed by atoms with van der Waals surface area (Å²) in [5.41, 5.74) is 10.4. The summed E-state index contributed by atoms with van der Waals surface area (Å²) in [7, 11) is 0. The molecule has 1 aromatic carbocycles. The van der Waals surface area contributed by atoms with Crippen molar-refractivity contribution in [1.82, 2.24) is 0 Å². The van der Waals surface area contributed by atoms with Crippen LogP contribution in [0.5, 0.6) is 0 Å². The fourth-order valence-corrected chi connectivity index (χ4v) is 2.98. The molecule has 2 rings (SSSR count). The first-order valence-corrected chi connectivity index (χ1v) is 7.63. The molecule has 3 heteroatoms. The zero-order valence-electron chi connectivity index (χ0n) is 12.5. The van der Waals surface area contributed by atoms with Gasteiger partial charge >= 0.3 is 5.97 Å². The monoisotopic (exact) mass is 275 g/mol. The van der Waals surface area contributed by atoms with Crippen LogP contribution in [0.15, 0.2) is 18.2 Å². The Morgan fingerprint density at radius 1 is 1.35 bits per heavy atom. The van der Waals surface area contributed by atoms with Crippen LogP contribution >= 0.6 is 0 Å². The number of carbonyl (C=O) groups excluding carboxylic acids is 1. The van der Waals surface area contributed by atoms with Crippen molar-refractivity contribution in [3.05, 3.63) is 34.9 Å². The molecule has 0 radical (unpaired) electrons. The number of nitrogens with two attached hydrogens (primary N) is 1. The van der Waals surface area contributed by atoms with E-state index in [1.54, 1.807) is 0 Å². The molecule has 0 heterocycles. The van der Waals surface area contributed by atoms with Crippen LogP contribution < -0.4 is 5.73 Å². The van der Waals surface area contributed by atoms with Gasteiger partial charge in [-0.15, -0.1) is 0 Å². The van der Waals surface area contributed by atoms with E-state index in [0.717, 1.165) is 6.42 Å². The molecule has 1 aliphatic rings. The molecule has 0 spiro atoms. The van der Waals surface area contributed by atoms with Gasteiger partial charge in [0.1, 0.15) is 0 Å². The molecule has 2 unspecified atom stereocenters. The summed E-state index contributed by atoms with van der Waals surface area (Å²) in [6.07, 6.45) is 4.90. The molecule has 0 aliphatic heterocycles. The molecule has 0 aromatic heterocycles. The lowest BCUT2D eigenvalue weighted by atomic mass is 9.93. The normalized spacial score (nSPS) is 16.6. The van der Waals surface area contributed by atoms with Crippen LogP contribution in [0.25, 0.3) is 0 Å². The Morgan fingerprint density at radius 3 is 2.85 bits per heavy atom. The maximum atomic E-state index is 11.5. The van der Waals surface area contributed by atoms with E-state index in [4.69, 9.17) is 10.5 Å². The van der Waals surface area contributed by atoms with E-state index < -0.39 is 0 Å². The van der Waals surface area contributed by atoms with Gasteiger partial charge in [0, 0.05) is 12.5 Å². The number of aryl methyl sites for hydroxylation is 2. The largest absolute Gasteiger partial charge is 0.466 e. The van der Waals surface area contributed by atoms with E-state index in [0.29, 0.717) is 13.0 Å². The molecule has 2 N–H and O–H groups in total. The number of hydrogen-bond donors (Lipinski definition) is 1. The predicted molar refractivity (Wildman–Crippen MR) is 80.4 cm³/mol. The van der Waals surface area contributed by atoms with E-state index in [-0.39, 0.29) is 17.9 Å². The first kappa shape index (κ1) is 15.0. The number of rotatable bonds is 6. The first-order chi connectivity index (χ1) is 9.60. The van der Waals surface area contributed by atoms with Gasteiger partial charge in [0.05, 0.1) is 6.61 Å². The van der Waals surface area contributed by atoms with Crippen LogP contribution in [-0.4, -0.2) is 12.6 Å². The van der Waals surface area contributed by atoms with Crippen molar-refractivity contribution in [3.63, 3.8) is 0 Å². The van der Waals surface area contributed by atoms with Gasteiger partial charge in [-0.25, -0.2) is 0 Å². The standard InChI is InChI=1S/C17H25NO2/c1-3-20-17(19)10-12(2)9-16(18)15-8-7-13-5-4-6-14(13)11-15/h7-8,11-12,16H,3-6,9-10,18H2,1-2H3. The van der Waals surface area contributed by atoms with Gasteiger partial charge in [-0.1, -0.05) is 25.1 Å². The molecular formula is C17H25NO2. The number of fused-ring (bicyclic) bond motifs is 1. The van der Waals surface area contributed by atoms with Crippen LogP contribution in [0, 0.1) is 5.92 Å². The van der Waals surface area contributed by atoms with Crippen LogP contribution in [0.1, 0.15) is 55.8 Å². The summed E-state index contributed by atoms with van der Waals surface area (Å²) >= 11 is 0. The Balaban J connectivity index is 1.91. The SMILES string of the molecule is CCOC(=O)CC(C)CC(N)c1ccc2c(c1)CCC2. The molecular weight excluding hydrogens is 250 g/mol. The van der Waals surface area contributed by atoms with Crippen molar-refractivity contribution in [2.45, 2.75) is 52.0 Å². The number of ether oxygens (including phenoxy) is 1. The van der Waals surface area contributed by atoms with E-state index >= 15 is 0 Å². The smallest absolute Gasteiger partial charge is 0.306 e. The van der Waals surface area contributed by atoms with Gasteiger partial charge in [0.2, 0.25) is 0 Å². The zero-order valence-corrected chi connectivity index (χ0v) is 12.5. The molecule has 1 aromatic rings. The first-order valence-electron chi connectivity index (χ1n) is 7.63. The summed E-state index contributed by atoms with van der Waals surface area (Å²) in [5, 5.41) is 0. The number of carbonyl (C=O) groups is 1. The summed E-state index contributed by atoms with van der Waals surface area (Å²) in [5.74, 6) is 0.124. The Hall–Kier alpha value is -1.35. The minimum absolute atomic E-state index is 0.00493. The quantitative estimate of drug-likeness (QED) is 0.811. The fraction of sp³-hybridized carbons (Fsp3) is 0.588. The Bertz CT molecular complexity index is 470. The lowest BCUT2D eigenvalue weighted by Gasteiger charge is -2.18. The summed E-state index contributed by atoms with van der Waals surface area (Å²) < 4.78 is 4.98. The second-order valence-corrected chi connectivity index (χ2v) is 5.84. The molecule has 0 saturated heterocycles. The van der Waals surface area contributed by atoms with E-state index in [9.17, 15) is 4.79 Å². The van der Waals surface area contributed by atoms with Crippen molar-refractivity contribution in [2.75, 3.05) is 6.61 Å². The molecule has 0 amide bonds. The number of benzene rings is 1. The maximum Gasteiger partial charge on any atom is 0.306 e. The molecule has 3 nitrogen and oxygen atoms in total. The van der Waals surface area contributed by atoms with Gasteiger partial charge in [0.25, 0.3) is 0 Å². The lowest BCUT2D eigenvalue weighted by molar-refractivity contribution is -0.144. The third-order valence-electron chi connectivity index (χ3n) is 4.03. The highest BCUT2D eigenvalue weighted by molar-refractivity contribution is 5.69. The molecule has 0 bridgehead atoms. The van der Waals surface area contributed by atoms with Gasteiger partial charge < -0.3 is 10.5 Å².